The molecule has 1 N–H and O–H groups in total. The molecule has 1 aromatic carbocycles. The van der Waals surface area contributed by atoms with Crippen LogP contribution in [0.4, 0.5) is 0 Å². The van der Waals surface area contributed by atoms with E-state index < -0.39 is 0 Å². The summed E-state index contributed by atoms with van der Waals surface area (Å²) < 4.78 is 7.31. The number of carbonyl (C=O) groups is 1. The first-order chi connectivity index (χ1) is 11.1. The lowest BCUT2D eigenvalue weighted by atomic mass is 10.2. The topological polar surface area (TPSA) is 85.2 Å². The van der Waals surface area contributed by atoms with Gasteiger partial charge >= 0.3 is 0 Å². The average molecular weight is 318 g/mol. The molecular formula is C15H22N6O2. The van der Waals surface area contributed by atoms with Crippen LogP contribution in [0.2, 0.25) is 0 Å². The molecule has 2 aromatic rings. The second-order valence-corrected chi connectivity index (χ2v) is 5.28. The molecule has 2 rings (SSSR count). The number of nitrogens with one attached hydrogen (secondary N) is 1. The first kappa shape index (κ1) is 16.9. The molecule has 0 saturated carbocycles. The highest BCUT2D eigenvalue weighted by atomic mass is 16.5. The monoisotopic (exact) mass is 318 g/mol. The van der Waals surface area contributed by atoms with E-state index in [0.717, 1.165) is 6.54 Å². The quantitative estimate of drug-likeness (QED) is 0.766. The Kier molecular flexibility index (Phi) is 6.04. The first-order valence-corrected chi connectivity index (χ1v) is 7.51. The highest BCUT2D eigenvalue weighted by molar-refractivity contribution is 5.94. The number of carbonyl (C=O) groups excluding carboxylic acids is 1. The standard InChI is InChI=1S/C15H22N6O2/c1-4-21-14(17-18-19-21)11-23-13-7-5-12(6-8-13)15(22)16-9-10-20(2)3/h5-8H,4,9-11H2,1-3H3,(H,16,22). The van der Waals surface area contributed by atoms with Gasteiger partial charge in [0.05, 0.1) is 0 Å². The third-order valence-electron chi connectivity index (χ3n) is 3.23. The molecule has 23 heavy (non-hydrogen) atoms. The molecule has 8 nitrogen and oxygen atoms in total. The second kappa shape index (κ2) is 8.23. The van der Waals surface area contributed by atoms with Crippen molar-refractivity contribution < 1.29 is 9.53 Å². The number of amides is 1. The van der Waals surface area contributed by atoms with Crippen molar-refractivity contribution in [3.05, 3.63) is 35.7 Å². The van der Waals surface area contributed by atoms with Gasteiger partial charge in [0, 0.05) is 25.2 Å². The molecule has 0 spiro atoms. The van der Waals surface area contributed by atoms with E-state index in [0.29, 0.717) is 30.2 Å². The van der Waals surface area contributed by atoms with Gasteiger partial charge in [-0.2, -0.15) is 0 Å². The summed E-state index contributed by atoms with van der Waals surface area (Å²) in [5, 5.41) is 14.2. The minimum absolute atomic E-state index is 0.0895. The maximum Gasteiger partial charge on any atom is 0.251 e. The van der Waals surface area contributed by atoms with Crippen molar-refractivity contribution in [3.8, 4) is 5.75 Å². The predicted octanol–water partition coefficient (Wildman–Crippen LogP) is 0.563. The number of benzene rings is 1. The zero-order valence-corrected chi connectivity index (χ0v) is 13.7. The van der Waals surface area contributed by atoms with Gasteiger partial charge in [-0.15, -0.1) is 5.10 Å². The summed E-state index contributed by atoms with van der Waals surface area (Å²) in [7, 11) is 3.93. The van der Waals surface area contributed by atoms with Gasteiger partial charge in [0.25, 0.3) is 5.91 Å². The van der Waals surface area contributed by atoms with Gasteiger partial charge in [-0.3, -0.25) is 4.79 Å². The van der Waals surface area contributed by atoms with E-state index in [-0.39, 0.29) is 12.5 Å². The van der Waals surface area contributed by atoms with Crippen molar-refractivity contribution in [2.24, 2.45) is 0 Å². The molecule has 124 valence electrons. The van der Waals surface area contributed by atoms with Gasteiger partial charge in [-0.05, 0) is 55.7 Å². The van der Waals surface area contributed by atoms with Crippen LogP contribution < -0.4 is 10.1 Å². The molecule has 0 aliphatic carbocycles. The summed E-state index contributed by atoms with van der Waals surface area (Å²) in [6.45, 7) is 4.36. The van der Waals surface area contributed by atoms with Gasteiger partial charge in [0.1, 0.15) is 12.4 Å². The molecule has 0 aliphatic rings. The summed E-state index contributed by atoms with van der Waals surface area (Å²) >= 11 is 0. The number of tetrazole rings is 1. The molecule has 0 bridgehead atoms. The summed E-state index contributed by atoms with van der Waals surface area (Å²) in [6.07, 6.45) is 0. The number of ether oxygens (including phenoxy) is 1. The van der Waals surface area contributed by atoms with E-state index in [2.05, 4.69) is 20.8 Å². The van der Waals surface area contributed by atoms with E-state index in [4.69, 9.17) is 4.74 Å². The van der Waals surface area contributed by atoms with Crippen molar-refractivity contribution in [2.45, 2.75) is 20.1 Å². The molecule has 0 atom stereocenters. The van der Waals surface area contributed by atoms with E-state index in [1.165, 1.54) is 0 Å². The molecule has 0 saturated heterocycles. The van der Waals surface area contributed by atoms with Crippen molar-refractivity contribution in [1.82, 2.24) is 30.4 Å². The van der Waals surface area contributed by atoms with Crippen LogP contribution in [0.3, 0.4) is 0 Å². The highest BCUT2D eigenvalue weighted by Crippen LogP contribution is 2.13. The SMILES string of the molecule is CCn1nnnc1COc1ccc(C(=O)NCCN(C)C)cc1. The molecule has 1 aromatic heterocycles. The molecule has 0 fully saturated rings. The third kappa shape index (κ3) is 5.03. The first-order valence-electron chi connectivity index (χ1n) is 7.51. The number of likely N-dealkylation sites (N-methyl/N-ethyl adjacent to an activating group) is 1. The molecule has 0 radical (unpaired) electrons. The van der Waals surface area contributed by atoms with Crippen LogP contribution >= 0.6 is 0 Å². The fourth-order valence-electron chi connectivity index (χ4n) is 1.92. The number of rotatable bonds is 8. The molecule has 0 unspecified atom stereocenters. The predicted molar refractivity (Wildman–Crippen MR) is 85.2 cm³/mol. The Morgan fingerprint density at radius 2 is 2.04 bits per heavy atom. The number of aromatic nitrogens is 4. The lowest BCUT2D eigenvalue weighted by Gasteiger charge is -2.11. The van der Waals surface area contributed by atoms with Crippen LogP contribution in [-0.4, -0.2) is 58.2 Å². The summed E-state index contributed by atoms with van der Waals surface area (Å²) in [5.74, 6) is 1.24. The fourth-order valence-corrected chi connectivity index (χ4v) is 1.92. The highest BCUT2D eigenvalue weighted by Gasteiger charge is 2.07. The second-order valence-electron chi connectivity index (χ2n) is 5.28. The van der Waals surface area contributed by atoms with E-state index in [1.54, 1.807) is 28.9 Å². The van der Waals surface area contributed by atoms with Crippen LogP contribution in [0, 0.1) is 0 Å². The van der Waals surface area contributed by atoms with E-state index in [9.17, 15) is 4.79 Å². The summed E-state index contributed by atoms with van der Waals surface area (Å²) in [5.41, 5.74) is 0.606. The summed E-state index contributed by atoms with van der Waals surface area (Å²) in [6, 6.07) is 7.01. The van der Waals surface area contributed by atoms with Crippen LogP contribution in [0.1, 0.15) is 23.1 Å². The number of aryl methyl sites for hydroxylation is 1. The van der Waals surface area contributed by atoms with E-state index in [1.807, 2.05) is 25.9 Å². The summed E-state index contributed by atoms with van der Waals surface area (Å²) in [4.78, 5) is 14.0. The van der Waals surface area contributed by atoms with Crippen LogP contribution in [0.25, 0.3) is 0 Å². The largest absolute Gasteiger partial charge is 0.486 e. The van der Waals surface area contributed by atoms with Crippen molar-refractivity contribution >= 4 is 5.91 Å². The Morgan fingerprint density at radius 3 is 2.70 bits per heavy atom. The Balaban J connectivity index is 1.85. The molecule has 1 amide bonds. The number of hydrogen-bond donors (Lipinski definition) is 1. The normalized spacial score (nSPS) is 10.8. The maximum atomic E-state index is 12.0. The van der Waals surface area contributed by atoms with Gasteiger partial charge in [-0.25, -0.2) is 4.68 Å². The van der Waals surface area contributed by atoms with Crippen LogP contribution in [0.15, 0.2) is 24.3 Å². The maximum absolute atomic E-state index is 12.0. The lowest BCUT2D eigenvalue weighted by Crippen LogP contribution is -2.31. The zero-order valence-electron chi connectivity index (χ0n) is 13.7. The smallest absolute Gasteiger partial charge is 0.251 e. The molecular weight excluding hydrogens is 296 g/mol. The van der Waals surface area contributed by atoms with Gasteiger partial charge in [-0.1, -0.05) is 0 Å². The Hall–Kier alpha value is -2.48. The van der Waals surface area contributed by atoms with Gasteiger partial charge in [0.2, 0.25) is 0 Å². The lowest BCUT2D eigenvalue weighted by molar-refractivity contribution is 0.0951. The molecule has 1 heterocycles. The van der Waals surface area contributed by atoms with Gasteiger partial charge in [0.15, 0.2) is 5.82 Å². The Labute approximate surface area is 135 Å². The third-order valence-corrected chi connectivity index (χ3v) is 3.23. The van der Waals surface area contributed by atoms with Crippen LogP contribution in [-0.2, 0) is 13.2 Å². The van der Waals surface area contributed by atoms with Crippen molar-refractivity contribution in [2.75, 3.05) is 27.2 Å². The number of hydrogen-bond acceptors (Lipinski definition) is 6. The van der Waals surface area contributed by atoms with Crippen LogP contribution in [0.5, 0.6) is 5.75 Å². The zero-order chi connectivity index (χ0) is 16.7. The molecule has 8 heteroatoms. The fraction of sp³-hybridized carbons (Fsp3) is 0.467. The average Bonchev–Trinajstić information content (AvgIpc) is 3.00. The van der Waals surface area contributed by atoms with Gasteiger partial charge < -0.3 is 15.0 Å². The molecule has 0 aliphatic heterocycles. The number of nitrogens with zero attached hydrogens (tertiary/aromatic N) is 5. The van der Waals surface area contributed by atoms with Crippen molar-refractivity contribution in [1.29, 1.82) is 0 Å². The Bertz CT molecular complexity index is 623. The minimum Gasteiger partial charge on any atom is -0.486 e. The van der Waals surface area contributed by atoms with E-state index >= 15 is 0 Å². The minimum atomic E-state index is -0.0895. The Morgan fingerprint density at radius 1 is 1.30 bits per heavy atom. The van der Waals surface area contributed by atoms with Crippen molar-refractivity contribution in [3.63, 3.8) is 0 Å².